The number of anilines is 2. The Kier molecular flexibility index (Phi) is 2.83. The summed E-state index contributed by atoms with van der Waals surface area (Å²) in [6, 6.07) is 0.839. The van der Waals surface area contributed by atoms with E-state index in [0.717, 1.165) is 23.4 Å². The zero-order valence-corrected chi connectivity index (χ0v) is 12.2. The first-order chi connectivity index (χ1) is 10.2. The van der Waals surface area contributed by atoms with Crippen LogP contribution in [0, 0.1) is 5.92 Å². The molecule has 1 fully saturated rings. The maximum Gasteiger partial charge on any atom is 0.224 e. The zero-order chi connectivity index (χ0) is 14.4. The van der Waals surface area contributed by atoms with Gasteiger partial charge in [0.25, 0.3) is 0 Å². The Balaban J connectivity index is 1.73. The van der Waals surface area contributed by atoms with Crippen LogP contribution in [0.1, 0.15) is 38.6 Å². The summed E-state index contributed by atoms with van der Waals surface area (Å²) in [6.07, 6.45) is 11.1. The molecule has 0 aromatic carbocycles. The maximum atomic E-state index is 5.88. The summed E-state index contributed by atoms with van der Waals surface area (Å²) >= 11 is 0. The van der Waals surface area contributed by atoms with E-state index in [2.05, 4.69) is 43.9 Å². The molecule has 2 atom stereocenters. The molecule has 0 radical (unpaired) electrons. The Hall–Kier alpha value is -2.11. The minimum absolute atomic E-state index is 0.307. The van der Waals surface area contributed by atoms with Crippen molar-refractivity contribution < 1.29 is 0 Å². The molecule has 0 spiro atoms. The van der Waals surface area contributed by atoms with Crippen molar-refractivity contribution in [3.8, 4) is 0 Å². The summed E-state index contributed by atoms with van der Waals surface area (Å²) in [5.74, 6) is 1.73. The van der Waals surface area contributed by atoms with Crippen LogP contribution in [-0.2, 0) is 0 Å². The second-order valence-electron chi connectivity index (χ2n) is 6.03. The standard InChI is InChI=1S/C15H20N6/c1-2-9-3-6-11(7-9)21-8-17-12-13(18-10-4-5-10)19-15(16)20-14(12)21/h3,6,8-11H,2,4-5,7H2,1H3,(H3,16,18,19,20)/t9-,11?/m1/s1. The van der Waals surface area contributed by atoms with E-state index < -0.39 is 0 Å². The first kappa shape index (κ1) is 12.6. The quantitative estimate of drug-likeness (QED) is 0.843. The van der Waals surface area contributed by atoms with Crippen molar-refractivity contribution in [1.29, 1.82) is 0 Å². The monoisotopic (exact) mass is 284 g/mol. The topological polar surface area (TPSA) is 81.7 Å². The van der Waals surface area contributed by atoms with E-state index in [1.165, 1.54) is 19.3 Å². The van der Waals surface area contributed by atoms with E-state index in [-0.39, 0.29) is 0 Å². The van der Waals surface area contributed by atoms with Crippen LogP contribution in [0.2, 0.25) is 0 Å². The summed E-state index contributed by atoms with van der Waals surface area (Å²) in [6.45, 7) is 2.22. The van der Waals surface area contributed by atoms with Gasteiger partial charge in [0.1, 0.15) is 0 Å². The Morgan fingerprint density at radius 1 is 1.33 bits per heavy atom. The lowest BCUT2D eigenvalue weighted by molar-refractivity contribution is 0.502. The summed E-state index contributed by atoms with van der Waals surface area (Å²) < 4.78 is 2.12. The maximum absolute atomic E-state index is 5.88. The molecule has 2 aromatic rings. The molecule has 6 heteroatoms. The molecule has 4 rings (SSSR count). The Morgan fingerprint density at radius 2 is 2.19 bits per heavy atom. The van der Waals surface area contributed by atoms with Crippen molar-refractivity contribution in [2.24, 2.45) is 5.92 Å². The predicted molar refractivity (Wildman–Crippen MR) is 83.0 cm³/mol. The molecule has 2 aliphatic rings. The van der Waals surface area contributed by atoms with Crippen LogP contribution in [-0.4, -0.2) is 25.6 Å². The van der Waals surface area contributed by atoms with E-state index in [1.54, 1.807) is 0 Å². The third-order valence-corrected chi connectivity index (χ3v) is 4.39. The number of nitrogens with two attached hydrogens (primary N) is 1. The number of rotatable bonds is 4. The molecule has 0 saturated heterocycles. The van der Waals surface area contributed by atoms with Crippen LogP contribution >= 0.6 is 0 Å². The van der Waals surface area contributed by atoms with Crippen molar-refractivity contribution in [1.82, 2.24) is 19.5 Å². The van der Waals surface area contributed by atoms with Crippen molar-refractivity contribution in [3.63, 3.8) is 0 Å². The van der Waals surface area contributed by atoms with Crippen molar-refractivity contribution in [2.45, 2.75) is 44.7 Å². The van der Waals surface area contributed by atoms with Gasteiger partial charge >= 0.3 is 0 Å². The third-order valence-electron chi connectivity index (χ3n) is 4.39. The number of nitrogen functional groups attached to an aromatic ring is 1. The van der Waals surface area contributed by atoms with Gasteiger partial charge in [-0.1, -0.05) is 19.1 Å². The van der Waals surface area contributed by atoms with Gasteiger partial charge in [0.05, 0.1) is 12.4 Å². The smallest absolute Gasteiger partial charge is 0.224 e. The van der Waals surface area contributed by atoms with Gasteiger partial charge in [-0.25, -0.2) is 4.98 Å². The normalized spacial score (nSPS) is 24.8. The van der Waals surface area contributed by atoms with Crippen molar-refractivity contribution in [2.75, 3.05) is 11.1 Å². The molecule has 21 heavy (non-hydrogen) atoms. The second kappa shape index (κ2) is 4.72. The zero-order valence-electron chi connectivity index (χ0n) is 12.2. The van der Waals surface area contributed by atoms with Gasteiger partial charge in [-0.2, -0.15) is 9.97 Å². The lowest BCUT2D eigenvalue weighted by Crippen LogP contribution is -2.09. The van der Waals surface area contributed by atoms with E-state index in [4.69, 9.17) is 5.73 Å². The van der Waals surface area contributed by atoms with Gasteiger partial charge in [0.2, 0.25) is 5.95 Å². The molecular formula is C15H20N6. The van der Waals surface area contributed by atoms with Gasteiger partial charge in [0.15, 0.2) is 17.0 Å². The molecule has 2 aromatic heterocycles. The number of allylic oxidation sites excluding steroid dienone is 2. The number of fused-ring (bicyclic) bond motifs is 1. The van der Waals surface area contributed by atoms with Gasteiger partial charge < -0.3 is 15.6 Å². The molecule has 0 amide bonds. The second-order valence-corrected chi connectivity index (χ2v) is 6.03. The predicted octanol–water partition coefficient (Wildman–Crippen LogP) is 2.51. The summed E-state index contributed by atoms with van der Waals surface area (Å²) in [5, 5.41) is 3.40. The highest BCUT2D eigenvalue weighted by Gasteiger charge is 2.25. The lowest BCUT2D eigenvalue weighted by Gasteiger charge is -2.13. The largest absolute Gasteiger partial charge is 0.368 e. The fourth-order valence-electron chi connectivity index (χ4n) is 2.96. The molecule has 1 saturated carbocycles. The molecular weight excluding hydrogens is 264 g/mol. The van der Waals surface area contributed by atoms with E-state index >= 15 is 0 Å². The van der Waals surface area contributed by atoms with Crippen molar-refractivity contribution in [3.05, 3.63) is 18.5 Å². The fourth-order valence-corrected chi connectivity index (χ4v) is 2.96. The molecule has 110 valence electrons. The Labute approximate surface area is 123 Å². The molecule has 1 unspecified atom stereocenters. The molecule has 2 aliphatic carbocycles. The van der Waals surface area contributed by atoms with Crippen LogP contribution in [0.4, 0.5) is 11.8 Å². The van der Waals surface area contributed by atoms with Gasteiger partial charge in [0, 0.05) is 6.04 Å². The van der Waals surface area contributed by atoms with Gasteiger partial charge in [-0.05, 0) is 31.6 Å². The summed E-state index contributed by atoms with van der Waals surface area (Å²) in [5.41, 5.74) is 7.53. The van der Waals surface area contributed by atoms with Gasteiger partial charge in [-0.3, -0.25) is 0 Å². The molecule has 0 bridgehead atoms. The minimum Gasteiger partial charge on any atom is -0.368 e. The van der Waals surface area contributed by atoms with Crippen LogP contribution in [0.15, 0.2) is 18.5 Å². The van der Waals surface area contributed by atoms with Crippen LogP contribution in [0.3, 0.4) is 0 Å². The Morgan fingerprint density at radius 3 is 2.90 bits per heavy atom. The fraction of sp³-hybridized carbons (Fsp3) is 0.533. The summed E-state index contributed by atoms with van der Waals surface area (Å²) in [7, 11) is 0. The molecule has 0 aliphatic heterocycles. The average molecular weight is 284 g/mol. The summed E-state index contributed by atoms with van der Waals surface area (Å²) in [4.78, 5) is 13.2. The molecule has 3 N–H and O–H groups in total. The van der Waals surface area contributed by atoms with E-state index in [0.29, 0.717) is 23.9 Å². The average Bonchev–Trinajstić information content (AvgIpc) is 3.01. The number of imidazole rings is 1. The SMILES string of the molecule is CC[C@@H]1C=CC(n2cnc3c(NC4CC4)nc(N)nc32)C1. The van der Waals surface area contributed by atoms with Crippen LogP contribution < -0.4 is 11.1 Å². The lowest BCUT2D eigenvalue weighted by atomic mass is 10.1. The third kappa shape index (κ3) is 2.24. The Bertz CT molecular complexity index is 699. The minimum atomic E-state index is 0.307. The molecule has 2 heterocycles. The number of nitrogens with one attached hydrogen (secondary N) is 1. The highest BCUT2D eigenvalue weighted by Crippen LogP contribution is 2.33. The van der Waals surface area contributed by atoms with Crippen LogP contribution in [0.25, 0.3) is 11.2 Å². The van der Waals surface area contributed by atoms with Crippen LogP contribution in [0.5, 0.6) is 0 Å². The van der Waals surface area contributed by atoms with Crippen molar-refractivity contribution >= 4 is 22.9 Å². The van der Waals surface area contributed by atoms with E-state index in [9.17, 15) is 0 Å². The highest BCUT2D eigenvalue weighted by molar-refractivity contribution is 5.84. The number of hydrogen-bond donors (Lipinski definition) is 2. The number of hydrogen-bond acceptors (Lipinski definition) is 5. The van der Waals surface area contributed by atoms with E-state index in [1.807, 2.05) is 6.33 Å². The first-order valence-corrected chi connectivity index (χ1v) is 7.69. The molecule has 6 nitrogen and oxygen atoms in total. The number of nitrogens with zero attached hydrogens (tertiary/aromatic N) is 4. The number of aromatic nitrogens is 4. The van der Waals surface area contributed by atoms with Gasteiger partial charge in [-0.15, -0.1) is 0 Å². The highest BCUT2D eigenvalue weighted by atomic mass is 15.2. The first-order valence-electron chi connectivity index (χ1n) is 7.69.